The number of fused-ring (bicyclic) bond motifs is 4. The van der Waals surface area contributed by atoms with E-state index in [0.29, 0.717) is 13.0 Å². The van der Waals surface area contributed by atoms with Crippen LogP contribution >= 0.6 is 0 Å². The van der Waals surface area contributed by atoms with E-state index in [1.807, 2.05) is 24.3 Å². The van der Waals surface area contributed by atoms with Crippen molar-refractivity contribution < 1.29 is 14.5 Å². The van der Waals surface area contributed by atoms with Crippen molar-refractivity contribution in [3.8, 4) is 0 Å². The molecule has 1 N–H and O–H groups in total. The molecule has 3 aromatic rings. The van der Waals surface area contributed by atoms with Crippen LogP contribution in [0, 0.1) is 10.1 Å². The Kier molecular flexibility index (Phi) is 5.81. The number of nitrogens with one attached hydrogen (secondary N) is 1. The summed E-state index contributed by atoms with van der Waals surface area (Å²) < 4.78 is 0. The smallest absolute Gasteiger partial charge is 0.269 e. The van der Waals surface area contributed by atoms with E-state index >= 15 is 0 Å². The summed E-state index contributed by atoms with van der Waals surface area (Å²) in [5, 5.41) is 12.2. The molecule has 8 nitrogen and oxygen atoms in total. The Balaban J connectivity index is 1.56. The fourth-order valence-corrected chi connectivity index (χ4v) is 5.37. The third kappa shape index (κ3) is 3.73. The van der Waals surface area contributed by atoms with Crippen LogP contribution < -0.4 is 0 Å². The second-order valence-electron chi connectivity index (χ2n) is 9.16. The fourth-order valence-electron chi connectivity index (χ4n) is 5.37. The Hall–Kier alpha value is -3.68. The van der Waals surface area contributed by atoms with Gasteiger partial charge in [-0.3, -0.25) is 19.7 Å². The van der Waals surface area contributed by atoms with Gasteiger partial charge in [0.1, 0.15) is 6.04 Å². The molecule has 2 amide bonds. The number of piperazine rings is 1. The molecule has 8 heteroatoms. The molecule has 1 saturated heterocycles. The number of non-ortho nitro benzene ring substituents is 1. The molecule has 5 rings (SSSR count). The molecule has 0 saturated carbocycles. The number of hydrogen-bond donors (Lipinski definition) is 1. The molecule has 0 aliphatic carbocycles. The van der Waals surface area contributed by atoms with Crippen LogP contribution in [0.5, 0.6) is 0 Å². The summed E-state index contributed by atoms with van der Waals surface area (Å²) in [5.74, 6) is -0.105. The van der Waals surface area contributed by atoms with Gasteiger partial charge >= 0.3 is 0 Å². The molecule has 0 radical (unpaired) electrons. The van der Waals surface area contributed by atoms with Crippen molar-refractivity contribution in [1.29, 1.82) is 0 Å². The first-order valence-corrected chi connectivity index (χ1v) is 11.9. The quantitative estimate of drug-likeness (QED) is 0.322. The number of amides is 2. The lowest BCUT2D eigenvalue weighted by molar-refractivity contribution is -0.384. The third-order valence-electron chi connectivity index (χ3n) is 7.04. The molecule has 34 heavy (non-hydrogen) atoms. The number of nitro groups is 1. The summed E-state index contributed by atoms with van der Waals surface area (Å²) in [7, 11) is 0. The highest BCUT2D eigenvalue weighted by Crippen LogP contribution is 2.42. The van der Waals surface area contributed by atoms with Gasteiger partial charge in [-0.1, -0.05) is 44.4 Å². The molecule has 2 aliphatic rings. The molecule has 2 aromatic carbocycles. The number of unbranched alkanes of at least 4 members (excludes halogenated alkanes) is 3. The van der Waals surface area contributed by atoms with Crippen molar-refractivity contribution >= 4 is 28.4 Å². The first kappa shape index (κ1) is 22.1. The number of rotatable bonds is 7. The summed E-state index contributed by atoms with van der Waals surface area (Å²) >= 11 is 0. The van der Waals surface area contributed by atoms with E-state index in [-0.39, 0.29) is 24.0 Å². The summed E-state index contributed by atoms with van der Waals surface area (Å²) in [4.78, 5) is 44.7. The van der Waals surface area contributed by atoms with Gasteiger partial charge in [0.25, 0.3) is 5.69 Å². The van der Waals surface area contributed by atoms with Crippen LogP contribution in [0.3, 0.4) is 0 Å². The van der Waals surface area contributed by atoms with Crippen molar-refractivity contribution in [2.75, 3.05) is 13.1 Å². The van der Waals surface area contributed by atoms with E-state index in [2.05, 4.69) is 11.9 Å². The summed E-state index contributed by atoms with van der Waals surface area (Å²) in [6.45, 7) is 2.81. The zero-order chi connectivity index (χ0) is 23.8. The first-order valence-electron chi connectivity index (χ1n) is 11.9. The van der Waals surface area contributed by atoms with Crippen LogP contribution in [-0.2, 0) is 16.0 Å². The molecule has 0 bridgehead atoms. The Morgan fingerprint density at radius 2 is 1.82 bits per heavy atom. The Bertz CT molecular complexity index is 1250. The SMILES string of the molecule is CCCCCCN1CC(=O)N2C(c3ccc([N+](=O)[O-])cc3)c3[nH]c4ccccc4c3C[C@H]2C1=O. The number of nitro benzene ring substituents is 1. The second-order valence-corrected chi connectivity index (χ2v) is 9.16. The van der Waals surface area contributed by atoms with Crippen LogP contribution in [0.25, 0.3) is 10.9 Å². The molecular formula is C26H28N4O4. The maximum Gasteiger partial charge on any atom is 0.269 e. The number of para-hydroxylation sites is 1. The van der Waals surface area contributed by atoms with E-state index < -0.39 is 17.0 Å². The Labute approximate surface area is 197 Å². The highest BCUT2D eigenvalue weighted by atomic mass is 16.6. The number of aromatic amines is 1. The van der Waals surface area contributed by atoms with Crippen LogP contribution in [0.1, 0.15) is 55.5 Å². The fraction of sp³-hybridized carbons (Fsp3) is 0.385. The maximum atomic E-state index is 13.6. The minimum absolute atomic E-state index is 0.00715. The minimum Gasteiger partial charge on any atom is -0.356 e. The number of carbonyl (C=O) groups is 2. The van der Waals surface area contributed by atoms with E-state index in [1.54, 1.807) is 21.9 Å². The predicted molar refractivity (Wildman–Crippen MR) is 128 cm³/mol. The highest BCUT2D eigenvalue weighted by Gasteiger charge is 2.48. The summed E-state index contributed by atoms with van der Waals surface area (Å²) in [6, 6.07) is 13.2. The van der Waals surface area contributed by atoms with Crippen molar-refractivity contribution in [2.24, 2.45) is 0 Å². The van der Waals surface area contributed by atoms with Crippen LogP contribution in [0.15, 0.2) is 48.5 Å². The van der Waals surface area contributed by atoms with Crippen LogP contribution in [0.2, 0.25) is 0 Å². The number of hydrogen-bond acceptors (Lipinski definition) is 4. The number of carbonyl (C=O) groups excluding carboxylic acids is 2. The molecule has 1 fully saturated rings. The van der Waals surface area contributed by atoms with Crippen molar-refractivity contribution in [2.45, 2.75) is 51.1 Å². The molecule has 2 aliphatic heterocycles. The molecule has 0 spiro atoms. The highest BCUT2D eigenvalue weighted by molar-refractivity contribution is 5.97. The largest absolute Gasteiger partial charge is 0.356 e. The van der Waals surface area contributed by atoms with Crippen molar-refractivity contribution in [3.63, 3.8) is 0 Å². The van der Waals surface area contributed by atoms with E-state index in [0.717, 1.165) is 53.4 Å². The third-order valence-corrected chi connectivity index (χ3v) is 7.04. The van der Waals surface area contributed by atoms with E-state index in [1.165, 1.54) is 12.1 Å². The van der Waals surface area contributed by atoms with Gasteiger partial charge in [0.05, 0.1) is 17.5 Å². The maximum absolute atomic E-state index is 13.6. The monoisotopic (exact) mass is 460 g/mol. The normalized spacial score (nSPS) is 19.9. The van der Waals surface area contributed by atoms with Crippen molar-refractivity contribution in [3.05, 3.63) is 75.5 Å². The van der Waals surface area contributed by atoms with Crippen LogP contribution in [-0.4, -0.2) is 50.7 Å². The lowest BCUT2D eigenvalue weighted by atomic mass is 9.86. The van der Waals surface area contributed by atoms with Gasteiger partial charge < -0.3 is 14.8 Å². The Morgan fingerprint density at radius 3 is 2.56 bits per heavy atom. The molecular weight excluding hydrogens is 432 g/mol. The van der Waals surface area contributed by atoms with Gasteiger partial charge in [-0.15, -0.1) is 0 Å². The topological polar surface area (TPSA) is 99.5 Å². The molecule has 2 atom stereocenters. The minimum atomic E-state index is -0.584. The van der Waals surface area contributed by atoms with Crippen molar-refractivity contribution in [1.82, 2.24) is 14.8 Å². The number of nitrogens with zero attached hydrogens (tertiary/aromatic N) is 3. The number of aromatic nitrogens is 1. The summed E-state index contributed by atoms with van der Waals surface area (Å²) in [6.07, 6.45) is 4.62. The first-order chi connectivity index (χ1) is 16.5. The van der Waals surface area contributed by atoms with Gasteiger partial charge in [-0.2, -0.15) is 0 Å². The summed E-state index contributed by atoms with van der Waals surface area (Å²) in [5.41, 5.74) is 3.61. The van der Waals surface area contributed by atoms with Crippen LogP contribution in [0.4, 0.5) is 5.69 Å². The number of benzene rings is 2. The van der Waals surface area contributed by atoms with Gasteiger partial charge in [0, 0.05) is 41.7 Å². The van der Waals surface area contributed by atoms with Gasteiger partial charge in [-0.05, 0) is 35.7 Å². The van der Waals surface area contributed by atoms with E-state index in [9.17, 15) is 19.7 Å². The zero-order valence-corrected chi connectivity index (χ0v) is 19.2. The van der Waals surface area contributed by atoms with Gasteiger partial charge in [-0.25, -0.2) is 0 Å². The standard InChI is InChI=1S/C26H28N4O4/c1-2-3-4-7-14-28-16-23(31)29-22(26(28)32)15-20-19-8-5-6-9-21(19)27-24(20)25(29)17-10-12-18(13-11-17)30(33)34/h5-6,8-13,22,25,27H,2-4,7,14-16H2,1H3/t22-,25?/m0/s1. The average molecular weight is 461 g/mol. The molecule has 3 heterocycles. The van der Waals surface area contributed by atoms with E-state index in [4.69, 9.17) is 0 Å². The lowest BCUT2D eigenvalue weighted by Crippen LogP contribution is -2.63. The molecule has 1 unspecified atom stereocenters. The lowest BCUT2D eigenvalue weighted by Gasteiger charge is -2.47. The second kappa shape index (κ2) is 8.93. The average Bonchev–Trinajstić information content (AvgIpc) is 3.22. The molecule has 1 aromatic heterocycles. The zero-order valence-electron chi connectivity index (χ0n) is 19.2. The molecule has 176 valence electrons. The van der Waals surface area contributed by atoms with Gasteiger partial charge in [0.2, 0.25) is 11.8 Å². The van der Waals surface area contributed by atoms with Gasteiger partial charge in [0.15, 0.2) is 0 Å². The Morgan fingerprint density at radius 1 is 1.06 bits per heavy atom. The predicted octanol–water partition coefficient (Wildman–Crippen LogP) is 4.34. The number of H-pyrrole nitrogens is 1.